The number of aromatic nitrogens is 1. The Labute approximate surface area is 398 Å². The van der Waals surface area contributed by atoms with Gasteiger partial charge in [-0.1, -0.05) is 155 Å². The molecule has 0 spiro atoms. The fourth-order valence-corrected chi connectivity index (χ4v) is 14.5. The predicted octanol–water partition coefficient (Wildman–Crippen LogP) is 17.2. The van der Waals surface area contributed by atoms with Gasteiger partial charge in [0, 0.05) is 60.4 Å². The van der Waals surface area contributed by atoms with Crippen molar-refractivity contribution < 1.29 is 0 Å². The van der Waals surface area contributed by atoms with Gasteiger partial charge in [-0.3, -0.25) is 0 Å². The first kappa shape index (κ1) is 39.4. The number of allylic oxidation sites excluding steroid dienone is 8. The maximum Gasteiger partial charge on any atom is 0.0588 e. The lowest BCUT2D eigenvalue weighted by molar-refractivity contribution is 0.660. The molecule has 7 aromatic carbocycles. The van der Waals surface area contributed by atoms with E-state index in [9.17, 15) is 0 Å². The number of hydrogen-bond acceptors (Lipinski definition) is 2. The highest BCUT2D eigenvalue weighted by Gasteiger charge is 2.41. The summed E-state index contributed by atoms with van der Waals surface area (Å²) in [4.78, 5) is 3.92. The highest BCUT2D eigenvalue weighted by Crippen LogP contribution is 2.57. The molecule has 3 heteroatoms. The average molecular weight is 881 g/mol. The van der Waals surface area contributed by atoms with Crippen molar-refractivity contribution in [2.75, 3.05) is 4.90 Å². The van der Waals surface area contributed by atoms with Crippen LogP contribution in [0.2, 0.25) is 0 Å². The van der Waals surface area contributed by atoms with Crippen molar-refractivity contribution in [1.29, 1.82) is 0 Å². The van der Waals surface area contributed by atoms with Gasteiger partial charge in [0.25, 0.3) is 0 Å². The van der Waals surface area contributed by atoms with Gasteiger partial charge in [-0.15, -0.1) is 11.8 Å². The number of benzene rings is 7. The number of nitrogens with zero attached hydrogens (tertiary/aromatic N) is 2. The Kier molecular flexibility index (Phi) is 8.43. The molecule has 2 nitrogen and oxygen atoms in total. The molecule has 0 saturated carbocycles. The van der Waals surface area contributed by atoms with Crippen LogP contribution in [-0.4, -0.2) is 9.82 Å². The van der Waals surface area contributed by atoms with E-state index < -0.39 is 0 Å². The van der Waals surface area contributed by atoms with Gasteiger partial charge in [-0.05, 0) is 153 Å². The summed E-state index contributed by atoms with van der Waals surface area (Å²) in [6.07, 6.45) is 23.3. The van der Waals surface area contributed by atoms with Crippen molar-refractivity contribution in [2.24, 2.45) is 0 Å². The second-order valence-electron chi connectivity index (χ2n) is 20.5. The van der Waals surface area contributed by atoms with Gasteiger partial charge in [0.2, 0.25) is 0 Å². The molecule has 0 bridgehead atoms. The monoisotopic (exact) mass is 880 g/mol. The second-order valence-corrected chi connectivity index (χ2v) is 21.7. The van der Waals surface area contributed by atoms with Gasteiger partial charge in [-0.25, -0.2) is 0 Å². The first-order valence-corrected chi connectivity index (χ1v) is 25.2. The maximum absolute atomic E-state index is 2.61. The highest BCUT2D eigenvalue weighted by molar-refractivity contribution is 8.00. The van der Waals surface area contributed by atoms with E-state index in [1.54, 1.807) is 0 Å². The zero-order chi connectivity index (χ0) is 44.8. The van der Waals surface area contributed by atoms with Crippen molar-refractivity contribution in [3.63, 3.8) is 0 Å². The van der Waals surface area contributed by atoms with Crippen LogP contribution in [0.15, 0.2) is 181 Å². The molecule has 14 rings (SSSR count). The molecular formula is C64H52N2S. The van der Waals surface area contributed by atoms with Gasteiger partial charge in [-0.2, -0.15) is 0 Å². The Morgan fingerprint density at radius 2 is 1.34 bits per heavy atom. The molecule has 0 N–H and O–H groups in total. The molecule has 0 fully saturated rings. The molecule has 8 aromatic rings. The van der Waals surface area contributed by atoms with Crippen LogP contribution in [0.1, 0.15) is 97.4 Å². The Hall–Kier alpha value is -6.81. The minimum Gasteiger partial charge on any atom is -0.310 e. The number of fused-ring (bicyclic) bond motifs is 15. The van der Waals surface area contributed by atoms with Gasteiger partial charge in [0.05, 0.1) is 11.0 Å². The van der Waals surface area contributed by atoms with Crippen molar-refractivity contribution in [2.45, 2.75) is 80.3 Å². The van der Waals surface area contributed by atoms with Gasteiger partial charge in [0.1, 0.15) is 0 Å². The van der Waals surface area contributed by atoms with E-state index >= 15 is 0 Å². The summed E-state index contributed by atoms with van der Waals surface area (Å²) in [6, 6.07) is 51.6. The summed E-state index contributed by atoms with van der Waals surface area (Å²) >= 11 is 2.01. The van der Waals surface area contributed by atoms with E-state index in [0.29, 0.717) is 11.2 Å². The minimum atomic E-state index is -0.272. The van der Waals surface area contributed by atoms with Crippen LogP contribution >= 0.6 is 11.8 Å². The van der Waals surface area contributed by atoms with Crippen molar-refractivity contribution in [3.05, 3.63) is 220 Å². The molecule has 2 heterocycles. The maximum atomic E-state index is 2.61. The van der Waals surface area contributed by atoms with Gasteiger partial charge in [0.15, 0.2) is 0 Å². The van der Waals surface area contributed by atoms with E-state index in [2.05, 4.69) is 219 Å². The third-order valence-electron chi connectivity index (χ3n) is 16.2. The number of anilines is 3. The molecule has 0 saturated heterocycles. The zero-order valence-corrected chi connectivity index (χ0v) is 39.4. The third kappa shape index (κ3) is 5.58. The molecule has 324 valence electrons. The number of thioether (sulfide) groups is 1. The lowest BCUT2D eigenvalue weighted by Gasteiger charge is -2.30. The van der Waals surface area contributed by atoms with E-state index in [0.717, 1.165) is 31.4 Å². The van der Waals surface area contributed by atoms with Crippen LogP contribution in [-0.2, 0) is 17.3 Å². The summed E-state index contributed by atoms with van der Waals surface area (Å²) in [5.41, 5.74) is 25.0. The predicted molar refractivity (Wildman–Crippen MR) is 285 cm³/mol. The topological polar surface area (TPSA) is 8.17 Å². The summed E-state index contributed by atoms with van der Waals surface area (Å²) in [5, 5.41) is 3.13. The Balaban J connectivity index is 0.927. The highest BCUT2D eigenvalue weighted by atomic mass is 32.2. The first-order chi connectivity index (χ1) is 32.8. The standard InChI is InChI=1S/C64H52N2S/c1-63(2)54-23-12-10-19-47(54)48-32-30-43(37-55(48)63)65(42-28-25-40(26-29-42)46-21-14-22-52-50-20-11-13-24-58(50)67-62(46)52)44-31-33-49-51-34-35-53-59-45-18-9-8-15-39(45)27-36-57(59)66(41-16-6-5-7-17-41)61(53)60(51)64(3,4)56(49)38-44/h6,9-14,16-38,52,62H,5,7-8,15H2,1-4H3. The van der Waals surface area contributed by atoms with E-state index in [1.807, 2.05) is 11.8 Å². The van der Waals surface area contributed by atoms with Gasteiger partial charge >= 0.3 is 0 Å². The number of hydrogen-bond donors (Lipinski definition) is 0. The number of rotatable bonds is 5. The SMILES string of the molecule is CC1(C)c2ccccc2-c2ccc(N(c3ccc(C4=CC=CC5c6ccccc6SC45)cc3)c3ccc4c(c3)C(C)(C)c3c-4ccc4c5c6c(ccc5n(C5=CCCC=C5)c34)CCC=C6)cc21. The summed E-state index contributed by atoms with van der Waals surface area (Å²) in [5.74, 6) is 0.399. The molecule has 1 aliphatic heterocycles. The normalized spacial score (nSPS) is 19.6. The fraction of sp³-hybridized carbons (Fsp3) is 0.188. The Morgan fingerprint density at radius 1 is 0.627 bits per heavy atom. The zero-order valence-electron chi connectivity index (χ0n) is 38.6. The van der Waals surface area contributed by atoms with E-state index in [1.165, 1.54) is 116 Å². The fourth-order valence-electron chi connectivity index (χ4n) is 13.0. The second kappa shape index (κ2) is 14.3. The Morgan fingerprint density at radius 3 is 2.16 bits per heavy atom. The van der Waals surface area contributed by atoms with Crippen LogP contribution in [0.4, 0.5) is 17.1 Å². The summed E-state index contributed by atoms with van der Waals surface area (Å²) in [7, 11) is 0. The summed E-state index contributed by atoms with van der Waals surface area (Å²) < 4.78 is 2.61. The largest absolute Gasteiger partial charge is 0.310 e. The van der Waals surface area contributed by atoms with Crippen molar-refractivity contribution >= 4 is 68.0 Å². The molecular weight excluding hydrogens is 829 g/mol. The van der Waals surface area contributed by atoms with Crippen LogP contribution in [0.5, 0.6) is 0 Å². The van der Waals surface area contributed by atoms with Crippen LogP contribution in [0, 0.1) is 0 Å². The van der Waals surface area contributed by atoms with Crippen molar-refractivity contribution in [3.8, 4) is 22.3 Å². The third-order valence-corrected chi connectivity index (χ3v) is 17.6. The van der Waals surface area contributed by atoms with E-state index in [4.69, 9.17) is 0 Å². The quantitative estimate of drug-likeness (QED) is 0.170. The van der Waals surface area contributed by atoms with Crippen molar-refractivity contribution in [1.82, 2.24) is 4.57 Å². The molecule has 5 aliphatic carbocycles. The van der Waals surface area contributed by atoms with Crippen LogP contribution < -0.4 is 4.90 Å². The lowest BCUT2D eigenvalue weighted by Crippen LogP contribution is -2.18. The molecule has 2 atom stereocenters. The molecule has 67 heavy (non-hydrogen) atoms. The van der Waals surface area contributed by atoms with Crippen LogP contribution in [0.25, 0.3) is 61.4 Å². The molecule has 6 aliphatic rings. The minimum absolute atomic E-state index is 0.116. The lowest BCUT2D eigenvalue weighted by atomic mass is 9.81. The molecule has 2 unspecified atom stereocenters. The first-order valence-electron chi connectivity index (χ1n) is 24.4. The van der Waals surface area contributed by atoms with Crippen LogP contribution in [0.3, 0.4) is 0 Å². The smallest absolute Gasteiger partial charge is 0.0588 e. The summed E-state index contributed by atoms with van der Waals surface area (Å²) in [6.45, 7) is 9.72. The molecule has 1 aromatic heterocycles. The molecule has 0 amide bonds. The molecule has 0 radical (unpaired) electrons. The van der Waals surface area contributed by atoms with Gasteiger partial charge < -0.3 is 9.47 Å². The average Bonchev–Trinajstić information content (AvgIpc) is 4.05. The Bertz CT molecular complexity index is 3620. The number of aryl methyl sites for hydroxylation is 1. The van der Waals surface area contributed by atoms with E-state index in [-0.39, 0.29) is 10.8 Å².